The number of aliphatic carboxylic acids is 2. The monoisotopic (exact) mass is 316 g/mol. The second kappa shape index (κ2) is 8.09. The number of carbonyl (C=O) groups excluding carboxylic acids is 1. The first-order chi connectivity index (χ1) is 10.2. The Kier molecular flexibility index (Phi) is 6.76. The predicted molar refractivity (Wildman–Crippen MR) is 77.1 cm³/mol. The van der Waals surface area contributed by atoms with Crippen LogP contribution in [-0.4, -0.2) is 52.9 Å². The van der Waals surface area contributed by atoms with Crippen LogP contribution in [0.3, 0.4) is 0 Å². The second-order valence-electron chi connectivity index (χ2n) is 5.93. The van der Waals surface area contributed by atoms with Gasteiger partial charge in [0.1, 0.15) is 0 Å². The maximum atomic E-state index is 11.7. The zero-order chi connectivity index (χ0) is 16.9. The first-order valence-corrected chi connectivity index (χ1v) is 7.34. The van der Waals surface area contributed by atoms with Crippen LogP contribution in [0.2, 0.25) is 0 Å². The molecule has 0 aromatic rings. The van der Waals surface area contributed by atoms with E-state index in [4.69, 9.17) is 20.7 Å². The lowest BCUT2D eigenvalue weighted by molar-refractivity contribution is -0.145. The summed E-state index contributed by atoms with van der Waals surface area (Å²) >= 11 is 0. The van der Waals surface area contributed by atoms with E-state index in [0.29, 0.717) is 11.8 Å². The molecule has 0 bridgehead atoms. The van der Waals surface area contributed by atoms with Crippen LogP contribution in [0.25, 0.3) is 0 Å². The number of hydrogen-bond donors (Lipinski definition) is 4. The van der Waals surface area contributed by atoms with Gasteiger partial charge in [0.2, 0.25) is 5.91 Å². The Labute approximate surface area is 129 Å². The van der Waals surface area contributed by atoms with Gasteiger partial charge in [-0.15, -0.1) is 0 Å². The lowest BCUT2D eigenvalue weighted by Gasteiger charge is -2.24. The van der Waals surface area contributed by atoms with Crippen molar-refractivity contribution in [2.24, 2.45) is 17.6 Å². The number of carboxylic acids is 2. The molecule has 1 aliphatic rings. The number of nitrogens with one attached hydrogen (secondary N) is 1. The van der Waals surface area contributed by atoms with Crippen molar-refractivity contribution >= 4 is 17.8 Å². The Hall–Kier alpha value is -1.67. The van der Waals surface area contributed by atoms with Crippen LogP contribution in [0.5, 0.6) is 0 Å². The SMILES string of the molecule is CC1CCC(C)C1OC[C@H](NC(=O)[C@@H](N)CC(=O)O)C(=O)O. The molecule has 126 valence electrons. The van der Waals surface area contributed by atoms with Crippen molar-refractivity contribution in [3.8, 4) is 0 Å². The molecule has 1 saturated carbocycles. The van der Waals surface area contributed by atoms with E-state index >= 15 is 0 Å². The normalized spacial score (nSPS) is 27.1. The van der Waals surface area contributed by atoms with E-state index in [2.05, 4.69) is 5.32 Å². The first-order valence-electron chi connectivity index (χ1n) is 7.34. The molecule has 0 heterocycles. The first kappa shape index (κ1) is 18.4. The molecule has 1 amide bonds. The molecule has 1 aliphatic carbocycles. The van der Waals surface area contributed by atoms with Gasteiger partial charge in [-0.1, -0.05) is 13.8 Å². The number of hydrogen-bond acceptors (Lipinski definition) is 5. The van der Waals surface area contributed by atoms with Crippen molar-refractivity contribution in [1.29, 1.82) is 0 Å². The Bertz CT molecular complexity index is 418. The highest BCUT2D eigenvalue weighted by molar-refractivity contribution is 5.89. The largest absolute Gasteiger partial charge is 0.481 e. The third-order valence-corrected chi connectivity index (χ3v) is 4.00. The van der Waals surface area contributed by atoms with Crippen molar-refractivity contribution in [2.45, 2.75) is 51.3 Å². The molecule has 0 aliphatic heterocycles. The van der Waals surface area contributed by atoms with Crippen molar-refractivity contribution in [2.75, 3.05) is 6.61 Å². The number of ether oxygens (including phenoxy) is 1. The third kappa shape index (κ3) is 5.27. The van der Waals surface area contributed by atoms with Gasteiger partial charge in [-0.05, 0) is 24.7 Å². The minimum absolute atomic E-state index is 0.0357. The number of nitrogens with two attached hydrogens (primary N) is 1. The van der Waals surface area contributed by atoms with Crippen LogP contribution >= 0.6 is 0 Å². The molecule has 0 saturated heterocycles. The zero-order valence-corrected chi connectivity index (χ0v) is 12.8. The highest BCUT2D eigenvalue weighted by atomic mass is 16.5. The fourth-order valence-corrected chi connectivity index (χ4v) is 2.69. The summed E-state index contributed by atoms with van der Waals surface area (Å²) in [6, 6.07) is -2.53. The maximum Gasteiger partial charge on any atom is 0.328 e. The number of carbonyl (C=O) groups is 3. The summed E-state index contributed by atoms with van der Waals surface area (Å²) in [5.74, 6) is -2.59. The van der Waals surface area contributed by atoms with Crippen molar-refractivity contribution < 1.29 is 29.3 Å². The summed E-state index contributed by atoms with van der Waals surface area (Å²) in [6.45, 7) is 3.93. The smallest absolute Gasteiger partial charge is 0.328 e. The van der Waals surface area contributed by atoms with E-state index < -0.39 is 36.4 Å². The number of rotatable bonds is 8. The van der Waals surface area contributed by atoms with Gasteiger partial charge in [-0.2, -0.15) is 0 Å². The molecule has 0 spiro atoms. The summed E-state index contributed by atoms with van der Waals surface area (Å²) in [4.78, 5) is 33.4. The van der Waals surface area contributed by atoms with Gasteiger partial charge in [0, 0.05) is 0 Å². The summed E-state index contributed by atoms with van der Waals surface area (Å²) in [6.07, 6.45) is 1.46. The quantitative estimate of drug-likeness (QED) is 0.486. The Morgan fingerprint density at radius 1 is 1.23 bits per heavy atom. The van der Waals surface area contributed by atoms with Gasteiger partial charge in [-0.25, -0.2) is 4.79 Å². The predicted octanol–water partition coefficient (Wildman–Crippen LogP) is -0.191. The zero-order valence-electron chi connectivity index (χ0n) is 12.8. The average molecular weight is 316 g/mol. The summed E-state index contributed by atoms with van der Waals surface area (Å²) in [7, 11) is 0. The van der Waals surface area contributed by atoms with Gasteiger partial charge in [-0.3, -0.25) is 9.59 Å². The maximum absolute atomic E-state index is 11.7. The van der Waals surface area contributed by atoms with E-state index in [0.717, 1.165) is 12.8 Å². The molecule has 22 heavy (non-hydrogen) atoms. The van der Waals surface area contributed by atoms with E-state index in [9.17, 15) is 14.4 Å². The standard InChI is InChI=1S/C14H24N2O6/c1-7-3-4-8(2)12(7)22-6-10(14(20)21)16-13(19)9(15)5-11(17)18/h7-10,12H,3-6,15H2,1-2H3,(H,16,19)(H,17,18)(H,20,21)/t7?,8?,9-,10-,12?/m0/s1. The Balaban J connectivity index is 2.53. The lowest BCUT2D eigenvalue weighted by atomic mass is 10.0. The fraction of sp³-hybridized carbons (Fsp3) is 0.786. The minimum atomic E-state index is -1.29. The molecule has 8 nitrogen and oxygen atoms in total. The van der Waals surface area contributed by atoms with Crippen LogP contribution in [0.4, 0.5) is 0 Å². The Morgan fingerprint density at radius 3 is 2.23 bits per heavy atom. The fourth-order valence-electron chi connectivity index (χ4n) is 2.69. The van der Waals surface area contributed by atoms with Gasteiger partial charge in [0.25, 0.3) is 0 Å². The lowest BCUT2D eigenvalue weighted by Crippen LogP contribution is -2.51. The minimum Gasteiger partial charge on any atom is -0.481 e. The summed E-state index contributed by atoms with van der Waals surface area (Å²) < 4.78 is 5.66. The molecule has 0 aromatic carbocycles. The molecule has 1 fully saturated rings. The van der Waals surface area contributed by atoms with Gasteiger partial charge >= 0.3 is 11.9 Å². The molecule has 1 rings (SSSR count). The molecular formula is C14H24N2O6. The highest BCUT2D eigenvalue weighted by Gasteiger charge is 2.33. The molecular weight excluding hydrogens is 292 g/mol. The van der Waals surface area contributed by atoms with Gasteiger partial charge < -0.3 is 26.0 Å². The van der Waals surface area contributed by atoms with Crippen LogP contribution < -0.4 is 11.1 Å². The average Bonchev–Trinajstić information content (AvgIpc) is 2.72. The van der Waals surface area contributed by atoms with Crippen LogP contribution in [0.1, 0.15) is 33.1 Å². The number of amides is 1. The number of carboxylic acid groups (broad SMARTS) is 2. The molecule has 0 radical (unpaired) electrons. The highest BCUT2D eigenvalue weighted by Crippen LogP contribution is 2.32. The van der Waals surface area contributed by atoms with E-state index in [-0.39, 0.29) is 12.7 Å². The second-order valence-corrected chi connectivity index (χ2v) is 5.93. The van der Waals surface area contributed by atoms with Crippen LogP contribution in [-0.2, 0) is 19.1 Å². The third-order valence-electron chi connectivity index (χ3n) is 4.00. The van der Waals surface area contributed by atoms with Crippen molar-refractivity contribution in [3.63, 3.8) is 0 Å². The Morgan fingerprint density at radius 2 is 1.77 bits per heavy atom. The van der Waals surface area contributed by atoms with Crippen LogP contribution in [0, 0.1) is 11.8 Å². The van der Waals surface area contributed by atoms with Crippen molar-refractivity contribution in [3.05, 3.63) is 0 Å². The molecule has 5 N–H and O–H groups in total. The van der Waals surface area contributed by atoms with Crippen LogP contribution in [0.15, 0.2) is 0 Å². The van der Waals surface area contributed by atoms with Gasteiger partial charge in [0.15, 0.2) is 6.04 Å². The molecule has 0 aromatic heterocycles. The molecule has 2 unspecified atom stereocenters. The van der Waals surface area contributed by atoms with Gasteiger partial charge in [0.05, 0.1) is 25.2 Å². The molecule has 8 heteroatoms. The summed E-state index contributed by atoms with van der Waals surface area (Å²) in [5, 5.41) is 19.9. The topological polar surface area (TPSA) is 139 Å². The summed E-state index contributed by atoms with van der Waals surface area (Å²) in [5.41, 5.74) is 5.40. The van der Waals surface area contributed by atoms with E-state index in [1.165, 1.54) is 0 Å². The van der Waals surface area contributed by atoms with E-state index in [1.807, 2.05) is 13.8 Å². The molecule has 4 atom stereocenters. The van der Waals surface area contributed by atoms with Crippen molar-refractivity contribution in [1.82, 2.24) is 5.32 Å². The van der Waals surface area contributed by atoms with E-state index in [1.54, 1.807) is 0 Å².